The second-order valence-corrected chi connectivity index (χ2v) is 5.78. The summed E-state index contributed by atoms with van der Waals surface area (Å²) in [6.07, 6.45) is 1.66. The number of ether oxygens (including phenoxy) is 1. The summed E-state index contributed by atoms with van der Waals surface area (Å²) in [5.74, 6) is 0.310. The fourth-order valence-electron chi connectivity index (χ4n) is 2.26. The number of carbonyl (C=O) groups excluding carboxylic acids is 2. The molecule has 2 aromatic rings. The van der Waals surface area contributed by atoms with Gasteiger partial charge in [-0.1, -0.05) is 30.9 Å². The van der Waals surface area contributed by atoms with Crippen LogP contribution in [0.2, 0.25) is 0 Å². The molecule has 0 aliphatic carbocycles. The first-order valence-electron chi connectivity index (χ1n) is 8.19. The summed E-state index contributed by atoms with van der Waals surface area (Å²) < 4.78 is 5.55. The zero-order chi connectivity index (χ0) is 18.9. The van der Waals surface area contributed by atoms with Crippen molar-refractivity contribution in [1.29, 1.82) is 0 Å². The topological polar surface area (TPSA) is 70.7 Å². The summed E-state index contributed by atoms with van der Waals surface area (Å²) in [4.78, 5) is 25.7. The van der Waals surface area contributed by atoms with Crippen LogP contribution in [0.4, 0.5) is 11.4 Å². The van der Waals surface area contributed by atoms with E-state index >= 15 is 0 Å². The van der Waals surface area contributed by atoms with Crippen molar-refractivity contribution in [2.75, 3.05) is 37.9 Å². The number of hydrogen-bond donors (Lipinski definition) is 2. The SMILES string of the molecule is C=CCOc1ccccc1NCC(=O)Nc1cccc(C(=O)N(C)C)c1. The first-order chi connectivity index (χ1) is 12.5. The molecule has 0 saturated heterocycles. The lowest BCUT2D eigenvalue weighted by Gasteiger charge is -2.13. The molecular weight excluding hydrogens is 330 g/mol. The second-order valence-electron chi connectivity index (χ2n) is 5.78. The minimum atomic E-state index is -0.224. The van der Waals surface area contributed by atoms with E-state index in [-0.39, 0.29) is 18.4 Å². The molecule has 0 radical (unpaired) electrons. The predicted octanol–water partition coefficient (Wildman–Crippen LogP) is 3.00. The average Bonchev–Trinajstić information content (AvgIpc) is 2.64. The van der Waals surface area contributed by atoms with E-state index in [1.807, 2.05) is 24.3 Å². The molecule has 2 N–H and O–H groups in total. The predicted molar refractivity (Wildman–Crippen MR) is 104 cm³/mol. The van der Waals surface area contributed by atoms with E-state index in [2.05, 4.69) is 17.2 Å². The lowest BCUT2D eigenvalue weighted by molar-refractivity contribution is -0.114. The van der Waals surface area contributed by atoms with Gasteiger partial charge in [0, 0.05) is 25.3 Å². The zero-order valence-electron chi connectivity index (χ0n) is 15.0. The van der Waals surface area contributed by atoms with Gasteiger partial charge in [0.15, 0.2) is 0 Å². The van der Waals surface area contributed by atoms with Gasteiger partial charge in [0.25, 0.3) is 5.91 Å². The monoisotopic (exact) mass is 353 g/mol. The van der Waals surface area contributed by atoms with Crippen LogP contribution in [0.1, 0.15) is 10.4 Å². The lowest BCUT2D eigenvalue weighted by Crippen LogP contribution is -2.23. The van der Waals surface area contributed by atoms with Crippen LogP contribution < -0.4 is 15.4 Å². The standard InChI is InChI=1S/C20H23N3O3/c1-4-12-26-18-11-6-5-10-17(18)21-14-19(24)22-16-9-7-8-15(13-16)20(25)23(2)3/h4-11,13,21H,1,12,14H2,2-3H3,(H,22,24). The Balaban J connectivity index is 1.97. The van der Waals surface area contributed by atoms with E-state index in [0.29, 0.717) is 23.6 Å². The summed E-state index contributed by atoms with van der Waals surface area (Å²) in [5, 5.41) is 5.83. The Hall–Kier alpha value is -3.28. The number of hydrogen-bond acceptors (Lipinski definition) is 4. The van der Waals surface area contributed by atoms with Gasteiger partial charge < -0.3 is 20.3 Å². The van der Waals surface area contributed by atoms with Gasteiger partial charge >= 0.3 is 0 Å². The highest BCUT2D eigenvalue weighted by Crippen LogP contribution is 2.23. The summed E-state index contributed by atoms with van der Waals surface area (Å²) in [5.41, 5.74) is 1.81. The molecule has 2 aromatic carbocycles. The third kappa shape index (κ3) is 5.37. The van der Waals surface area contributed by atoms with Gasteiger partial charge in [0.1, 0.15) is 12.4 Å². The Morgan fingerprint density at radius 1 is 1.15 bits per heavy atom. The van der Waals surface area contributed by atoms with Crippen molar-refractivity contribution in [2.45, 2.75) is 0 Å². The van der Waals surface area contributed by atoms with Crippen LogP contribution in [0.3, 0.4) is 0 Å². The molecule has 0 unspecified atom stereocenters. The minimum absolute atomic E-state index is 0.0698. The van der Waals surface area contributed by atoms with Crippen LogP contribution >= 0.6 is 0 Å². The third-order valence-corrected chi connectivity index (χ3v) is 3.48. The molecule has 0 atom stereocenters. The quantitative estimate of drug-likeness (QED) is 0.716. The number of benzene rings is 2. The van der Waals surface area contributed by atoms with Crippen molar-refractivity contribution in [3.63, 3.8) is 0 Å². The molecule has 0 spiro atoms. The summed E-state index contributed by atoms with van der Waals surface area (Å²) in [7, 11) is 3.37. The molecule has 2 amide bonds. The molecule has 0 bridgehead atoms. The molecule has 0 aliphatic heterocycles. The summed E-state index contributed by atoms with van der Waals surface area (Å²) in [6.45, 7) is 4.08. The van der Waals surface area contributed by atoms with Gasteiger partial charge in [-0.2, -0.15) is 0 Å². The number of anilines is 2. The normalized spacial score (nSPS) is 9.92. The van der Waals surface area contributed by atoms with Crippen molar-refractivity contribution in [1.82, 2.24) is 4.90 Å². The Labute approximate surface area is 153 Å². The van der Waals surface area contributed by atoms with E-state index in [0.717, 1.165) is 5.69 Å². The molecule has 26 heavy (non-hydrogen) atoms. The smallest absolute Gasteiger partial charge is 0.253 e. The molecular formula is C20H23N3O3. The number of amides is 2. The molecule has 0 fully saturated rings. The first-order valence-corrected chi connectivity index (χ1v) is 8.19. The van der Waals surface area contributed by atoms with Crippen molar-refractivity contribution >= 4 is 23.2 Å². The second kappa shape index (κ2) is 9.27. The number of para-hydroxylation sites is 2. The molecule has 6 nitrogen and oxygen atoms in total. The van der Waals surface area contributed by atoms with Gasteiger partial charge in [-0.25, -0.2) is 0 Å². The van der Waals surface area contributed by atoms with Gasteiger partial charge in [-0.15, -0.1) is 0 Å². The van der Waals surface area contributed by atoms with Crippen molar-refractivity contribution in [3.8, 4) is 5.75 Å². The fourth-order valence-corrected chi connectivity index (χ4v) is 2.26. The number of carbonyl (C=O) groups is 2. The van der Waals surface area contributed by atoms with Crippen LogP contribution in [-0.4, -0.2) is 44.0 Å². The number of nitrogens with one attached hydrogen (secondary N) is 2. The van der Waals surface area contributed by atoms with Gasteiger partial charge in [-0.05, 0) is 30.3 Å². The highest BCUT2D eigenvalue weighted by atomic mass is 16.5. The van der Waals surface area contributed by atoms with E-state index in [4.69, 9.17) is 4.74 Å². The minimum Gasteiger partial charge on any atom is -0.487 e. The Kier molecular flexibility index (Phi) is 6.79. The molecule has 0 aromatic heterocycles. The Bertz CT molecular complexity index is 787. The van der Waals surface area contributed by atoms with Crippen molar-refractivity contribution < 1.29 is 14.3 Å². The Morgan fingerprint density at radius 2 is 1.92 bits per heavy atom. The van der Waals surface area contributed by atoms with Gasteiger partial charge in [0.2, 0.25) is 5.91 Å². The lowest BCUT2D eigenvalue weighted by atomic mass is 10.2. The maximum absolute atomic E-state index is 12.2. The van der Waals surface area contributed by atoms with Crippen LogP contribution in [0.25, 0.3) is 0 Å². The largest absolute Gasteiger partial charge is 0.487 e. The first kappa shape index (κ1) is 19.1. The maximum Gasteiger partial charge on any atom is 0.253 e. The molecule has 0 aliphatic rings. The van der Waals surface area contributed by atoms with Gasteiger partial charge in [0.05, 0.1) is 12.2 Å². The molecule has 0 saturated carbocycles. The van der Waals surface area contributed by atoms with Crippen LogP contribution in [0.15, 0.2) is 61.2 Å². The number of nitrogens with zero attached hydrogens (tertiary/aromatic N) is 1. The zero-order valence-corrected chi connectivity index (χ0v) is 15.0. The van der Waals surface area contributed by atoms with E-state index in [9.17, 15) is 9.59 Å². The Morgan fingerprint density at radius 3 is 2.65 bits per heavy atom. The molecule has 136 valence electrons. The highest BCUT2D eigenvalue weighted by Gasteiger charge is 2.10. The highest BCUT2D eigenvalue weighted by molar-refractivity contribution is 5.98. The molecule has 2 rings (SSSR count). The van der Waals surface area contributed by atoms with E-state index in [1.165, 1.54) is 4.90 Å². The third-order valence-electron chi connectivity index (χ3n) is 3.48. The fraction of sp³-hybridized carbons (Fsp3) is 0.200. The molecule has 6 heteroatoms. The van der Waals surface area contributed by atoms with Crippen LogP contribution in [0, 0.1) is 0 Å². The summed E-state index contributed by atoms with van der Waals surface area (Å²) in [6, 6.07) is 14.2. The molecule has 0 heterocycles. The van der Waals surface area contributed by atoms with Crippen LogP contribution in [-0.2, 0) is 4.79 Å². The van der Waals surface area contributed by atoms with E-state index in [1.54, 1.807) is 44.4 Å². The summed E-state index contributed by atoms with van der Waals surface area (Å²) >= 11 is 0. The number of rotatable bonds is 8. The maximum atomic E-state index is 12.2. The van der Waals surface area contributed by atoms with Crippen molar-refractivity contribution in [2.24, 2.45) is 0 Å². The average molecular weight is 353 g/mol. The van der Waals surface area contributed by atoms with Crippen LogP contribution in [0.5, 0.6) is 5.75 Å². The van der Waals surface area contributed by atoms with E-state index < -0.39 is 0 Å². The van der Waals surface area contributed by atoms with Gasteiger partial charge in [-0.3, -0.25) is 9.59 Å². The van der Waals surface area contributed by atoms with Crippen molar-refractivity contribution in [3.05, 3.63) is 66.7 Å².